The Morgan fingerprint density at radius 2 is 1.10 bits per heavy atom. The Hall–Kier alpha value is -1.06. The van der Waals surface area contributed by atoms with Crippen LogP contribution in [-0.2, 0) is 13.1 Å². The summed E-state index contributed by atoms with van der Waals surface area (Å²) in [7, 11) is 0. The molecule has 4 heteroatoms. The maximum absolute atomic E-state index is 6.10. The van der Waals surface area contributed by atoms with Crippen molar-refractivity contribution >= 4 is 23.2 Å². The van der Waals surface area contributed by atoms with Crippen molar-refractivity contribution in [2.45, 2.75) is 19.5 Å². The summed E-state index contributed by atoms with van der Waals surface area (Å²) in [5.41, 5.74) is 2.28. The van der Waals surface area contributed by atoms with Crippen LogP contribution in [0.2, 0.25) is 10.0 Å². The summed E-state index contributed by atoms with van der Waals surface area (Å²) in [5, 5.41) is 8.45. The molecule has 0 unspecified atom stereocenters. The van der Waals surface area contributed by atoms with Crippen molar-refractivity contribution in [3.05, 3.63) is 69.7 Å². The highest BCUT2D eigenvalue weighted by Crippen LogP contribution is 2.15. The van der Waals surface area contributed by atoms with Crippen molar-refractivity contribution in [1.82, 2.24) is 10.6 Å². The van der Waals surface area contributed by atoms with Gasteiger partial charge in [-0.25, -0.2) is 0 Å². The molecule has 0 aliphatic heterocycles. The molecule has 2 aromatic carbocycles. The molecule has 2 aromatic rings. The van der Waals surface area contributed by atoms with Crippen molar-refractivity contribution in [2.24, 2.45) is 0 Å². The van der Waals surface area contributed by atoms with Crippen LogP contribution in [0.3, 0.4) is 0 Å². The van der Waals surface area contributed by atoms with Gasteiger partial charge in [-0.1, -0.05) is 59.6 Å². The molecule has 0 aromatic heterocycles. The van der Waals surface area contributed by atoms with E-state index in [1.807, 2.05) is 48.5 Å². The summed E-state index contributed by atoms with van der Waals surface area (Å²) in [6, 6.07) is 15.8. The molecular weight excluding hydrogens is 303 g/mol. The number of rotatable bonds is 8. The quantitative estimate of drug-likeness (QED) is 0.709. The number of halogens is 2. The fourth-order valence-electron chi connectivity index (χ4n) is 2.07. The van der Waals surface area contributed by atoms with Crippen LogP contribution in [0.15, 0.2) is 48.5 Å². The lowest BCUT2D eigenvalue weighted by Gasteiger charge is -2.08. The number of hydrogen-bond acceptors (Lipinski definition) is 2. The first-order chi connectivity index (χ1) is 10.3. The largest absolute Gasteiger partial charge is 0.313 e. The Morgan fingerprint density at radius 3 is 1.52 bits per heavy atom. The standard InChI is InChI=1S/C17H20Cl2N2/c18-16-8-3-1-6-14(16)12-20-10-5-11-21-13-15-7-2-4-9-17(15)19/h1-4,6-9,20-21H,5,10-13H2. The molecule has 0 aliphatic rings. The van der Waals surface area contributed by atoms with Gasteiger partial charge < -0.3 is 10.6 Å². The van der Waals surface area contributed by atoms with Gasteiger partial charge in [0, 0.05) is 23.1 Å². The third kappa shape index (κ3) is 5.68. The van der Waals surface area contributed by atoms with Crippen molar-refractivity contribution < 1.29 is 0 Å². The van der Waals surface area contributed by atoms with Crippen LogP contribution in [0.4, 0.5) is 0 Å². The smallest absolute Gasteiger partial charge is 0.0450 e. The van der Waals surface area contributed by atoms with Crippen molar-refractivity contribution in [3.63, 3.8) is 0 Å². The average molecular weight is 323 g/mol. The van der Waals surface area contributed by atoms with Gasteiger partial charge >= 0.3 is 0 Å². The molecule has 2 nitrogen and oxygen atoms in total. The van der Waals surface area contributed by atoms with Crippen LogP contribution in [0.5, 0.6) is 0 Å². The molecule has 0 radical (unpaired) electrons. The summed E-state index contributed by atoms with van der Waals surface area (Å²) in [6.07, 6.45) is 1.06. The lowest BCUT2D eigenvalue weighted by molar-refractivity contribution is 0.595. The van der Waals surface area contributed by atoms with Gasteiger partial charge in [0.2, 0.25) is 0 Å². The van der Waals surface area contributed by atoms with Gasteiger partial charge in [-0.05, 0) is 42.8 Å². The van der Waals surface area contributed by atoms with E-state index in [0.29, 0.717) is 0 Å². The summed E-state index contributed by atoms with van der Waals surface area (Å²) in [4.78, 5) is 0. The third-order valence-corrected chi connectivity index (χ3v) is 3.99. The fraction of sp³-hybridized carbons (Fsp3) is 0.294. The molecule has 2 rings (SSSR count). The second-order valence-corrected chi connectivity index (χ2v) is 5.70. The molecule has 0 atom stereocenters. The highest BCUT2D eigenvalue weighted by molar-refractivity contribution is 6.31. The maximum atomic E-state index is 6.10. The van der Waals surface area contributed by atoms with Crippen LogP contribution in [0, 0.1) is 0 Å². The van der Waals surface area contributed by atoms with E-state index in [0.717, 1.165) is 53.8 Å². The fourth-order valence-corrected chi connectivity index (χ4v) is 2.47. The Labute approximate surface area is 136 Å². The highest BCUT2D eigenvalue weighted by Gasteiger charge is 1.99. The summed E-state index contributed by atoms with van der Waals surface area (Å²) in [6.45, 7) is 3.54. The van der Waals surface area contributed by atoms with Gasteiger partial charge in [-0.2, -0.15) is 0 Å². The molecule has 0 aliphatic carbocycles. The monoisotopic (exact) mass is 322 g/mol. The highest BCUT2D eigenvalue weighted by atomic mass is 35.5. The van der Waals surface area contributed by atoms with Crippen LogP contribution < -0.4 is 10.6 Å². The summed E-state index contributed by atoms with van der Waals surface area (Å²) in [5.74, 6) is 0. The molecule has 21 heavy (non-hydrogen) atoms. The second kappa shape index (κ2) is 9.06. The minimum atomic E-state index is 0.810. The molecular formula is C17H20Cl2N2. The van der Waals surface area contributed by atoms with Gasteiger partial charge in [0.25, 0.3) is 0 Å². The van der Waals surface area contributed by atoms with Gasteiger partial charge in [0.05, 0.1) is 0 Å². The van der Waals surface area contributed by atoms with E-state index in [1.165, 1.54) is 0 Å². The zero-order valence-corrected chi connectivity index (χ0v) is 13.4. The third-order valence-electron chi connectivity index (χ3n) is 3.25. The van der Waals surface area contributed by atoms with Crippen LogP contribution in [-0.4, -0.2) is 13.1 Å². The van der Waals surface area contributed by atoms with E-state index in [4.69, 9.17) is 23.2 Å². The first-order valence-corrected chi connectivity index (χ1v) is 7.91. The molecule has 0 saturated heterocycles. The van der Waals surface area contributed by atoms with Crippen molar-refractivity contribution in [3.8, 4) is 0 Å². The van der Waals surface area contributed by atoms with E-state index in [1.54, 1.807) is 0 Å². The summed E-state index contributed by atoms with van der Waals surface area (Å²) < 4.78 is 0. The Kier molecular flexibility index (Phi) is 7.04. The van der Waals surface area contributed by atoms with Gasteiger partial charge in [0.1, 0.15) is 0 Å². The molecule has 0 amide bonds. The zero-order valence-electron chi connectivity index (χ0n) is 11.9. The SMILES string of the molecule is Clc1ccccc1CNCCCNCc1ccccc1Cl. The number of nitrogens with one attached hydrogen (secondary N) is 2. The lowest BCUT2D eigenvalue weighted by atomic mass is 10.2. The van der Waals surface area contributed by atoms with E-state index >= 15 is 0 Å². The van der Waals surface area contributed by atoms with Gasteiger partial charge in [0.15, 0.2) is 0 Å². The van der Waals surface area contributed by atoms with Crippen LogP contribution in [0.1, 0.15) is 17.5 Å². The van der Waals surface area contributed by atoms with E-state index in [9.17, 15) is 0 Å². The first kappa shape index (κ1) is 16.3. The molecule has 2 N–H and O–H groups in total. The van der Waals surface area contributed by atoms with E-state index < -0.39 is 0 Å². The van der Waals surface area contributed by atoms with Crippen molar-refractivity contribution in [2.75, 3.05) is 13.1 Å². The van der Waals surface area contributed by atoms with Crippen LogP contribution in [0.25, 0.3) is 0 Å². The number of hydrogen-bond donors (Lipinski definition) is 2. The minimum absolute atomic E-state index is 0.810. The lowest BCUT2D eigenvalue weighted by Crippen LogP contribution is -2.21. The minimum Gasteiger partial charge on any atom is -0.313 e. The van der Waals surface area contributed by atoms with E-state index in [-0.39, 0.29) is 0 Å². The predicted octanol–water partition coefficient (Wildman–Crippen LogP) is 4.26. The molecule has 0 bridgehead atoms. The second-order valence-electron chi connectivity index (χ2n) is 4.89. The summed E-state index contributed by atoms with van der Waals surface area (Å²) >= 11 is 12.2. The normalized spacial score (nSPS) is 10.8. The molecule has 0 fully saturated rings. The molecule has 0 saturated carbocycles. The molecule has 112 valence electrons. The van der Waals surface area contributed by atoms with Crippen LogP contribution >= 0.6 is 23.2 Å². The van der Waals surface area contributed by atoms with Crippen molar-refractivity contribution in [1.29, 1.82) is 0 Å². The molecule has 0 spiro atoms. The maximum Gasteiger partial charge on any atom is 0.0450 e. The topological polar surface area (TPSA) is 24.1 Å². The predicted molar refractivity (Wildman–Crippen MR) is 90.9 cm³/mol. The number of benzene rings is 2. The van der Waals surface area contributed by atoms with E-state index in [2.05, 4.69) is 10.6 Å². The Balaban J connectivity index is 1.57. The van der Waals surface area contributed by atoms with Gasteiger partial charge in [-0.15, -0.1) is 0 Å². The molecule has 0 heterocycles. The van der Waals surface area contributed by atoms with Gasteiger partial charge in [-0.3, -0.25) is 0 Å². The average Bonchev–Trinajstić information content (AvgIpc) is 2.50. The first-order valence-electron chi connectivity index (χ1n) is 7.15. The Morgan fingerprint density at radius 1 is 0.667 bits per heavy atom. The zero-order chi connectivity index (χ0) is 14.9. The Bertz CT molecular complexity index is 508.